The fourth-order valence-electron chi connectivity index (χ4n) is 2.67. The molecule has 1 heterocycles. The lowest BCUT2D eigenvalue weighted by molar-refractivity contribution is 0.306. The molecule has 142 valence electrons. The number of ether oxygens (including phenoxy) is 1. The Hall–Kier alpha value is -2.78. The molecule has 3 nitrogen and oxygen atoms in total. The van der Waals surface area contributed by atoms with Crippen LogP contribution in [0.3, 0.4) is 0 Å². The van der Waals surface area contributed by atoms with E-state index in [1.807, 2.05) is 78.9 Å². The molecular weight excluding hydrogens is 420 g/mol. The quantitative estimate of drug-likeness (QED) is 0.238. The van der Waals surface area contributed by atoms with Gasteiger partial charge in [-0.05, 0) is 65.4 Å². The number of nitrogens with zero attached hydrogens (tertiary/aromatic N) is 2. The highest BCUT2D eigenvalue weighted by Crippen LogP contribution is 2.34. The van der Waals surface area contributed by atoms with Crippen molar-refractivity contribution in [2.24, 2.45) is 0 Å². The topological polar surface area (TPSA) is 45.9 Å². The molecule has 0 aliphatic rings. The Morgan fingerprint density at radius 2 is 1.93 bits per heavy atom. The van der Waals surface area contributed by atoms with Crippen molar-refractivity contribution >= 4 is 51.0 Å². The molecule has 29 heavy (non-hydrogen) atoms. The molecule has 1 aromatic heterocycles. The van der Waals surface area contributed by atoms with Gasteiger partial charge < -0.3 is 4.74 Å². The Balaban J connectivity index is 1.47. The van der Waals surface area contributed by atoms with E-state index in [9.17, 15) is 5.26 Å². The molecule has 6 heteroatoms. The minimum absolute atomic E-state index is 0.454. The standard InChI is InChI=1S/C23H15ClN2OS2/c24-18-10-8-16(9-11-18)15-27-19-5-3-4-17(12-19)13-20(14-25)28-23-26-21-6-1-2-7-22(21)29-23/h1-13H,15H2. The highest BCUT2D eigenvalue weighted by molar-refractivity contribution is 8.05. The van der Waals surface area contributed by atoms with Gasteiger partial charge in [0.1, 0.15) is 18.4 Å². The van der Waals surface area contributed by atoms with Crippen LogP contribution in [0.1, 0.15) is 11.1 Å². The van der Waals surface area contributed by atoms with Gasteiger partial charge in [0.25, 0.3) is 0 Å². The van der Waals surface area contributed by atoms with Crippen molar-refractivity contribution in [2.75, 3.05) is 0 Å². The molecule has 4 aromatic rings. The zero-order valence-corrected chi connectivity index (χ0v) is 17.6. The van der Waals surface area contributed by atoms with Crippen molar-refractivity contribution in [2.45, 2.75) is 10.9 Å². The van der Waals surface area contributed by atoms with Crippen molar-refractivity contribution in [1.82, 2.24) is 4.98 Å². The molecule has 0 aliphatic carbocycles. The lowest BCUT2D eigenvalue weighted by Crippen LogP contribution is -1.95. The summed E-state index contributed by atoms with van der Waals surface area (Å²) < 4.78 is 7.84. The molecule has 0 spiro atoms. The summed E-state index contributed by atoms with van der Waals surface area (Å²) in [6, 6.07) is 25.5. The predicted molar refractivity (Wildman–Crippen MR) is 121 cm³/mol. The van der Waals surface area contributed by atoms with Crippen molar-refractivity contribution < 1.29 is 4.74 Å². The van der Waals surface area contributed by atoms with E-state index < -0.39 is 0 Å². The summed E-state index contributed by atoms with van der Waals surface area (Å²) in [5, 5.41) is 10.3. The average Bonchev–Trinajstić information content (AvgIpc) is 3.15. The largest absolute Gasteiger partial charge is 0.489 e. The van der Waals surface area contributed by atoms with Crippen LogP contribution in [-0.4, -0.2) is 4.98 Å². The molecule has 4 rings (SSSR count). The van der Waals surface area contributed by atoms with E-state index in [2.05, 4.69) is 11.1 Å². The Kier molecular flexibility index (Phi) is 6.16. The Morgan fingerprint density at radius 3 is 2.72 bits per heavy atom. The number of para-hydroxylation sites is 1. The highest BCUT2D eigenvalue weighted by atomic mass is 35.5. The molecule has 0 fully saturated rings. The molecule has 0 N–H and O–H groups in total. The molecule has 3 aromatic carbocycles. The third-order valence-electron chi connectivity index (χ3n) is 4.06. The number of halogens is 1. The Bertz CT molecular complexity index is 1180. The SMILES string of the molecule is N#CC(=Cc1cccc(OCc2ccc(Cl)cc2)c1)Sc1nc2ccccc2s1. The van der Waals surface area contributed by atoms with Gasteiger partial charge in [0, 0.05) is 5.02 Å². The number of aromatic nitrogens is 1. The number of benzene rings is 3. The maximum atomic E-state index is 9.56. The molecular formula is C23H15ClN2OS2. The van der Waals surface area contributed by atoms with Gasteiger partial charge in [-0.2, -0.15) is 5.26 Å². The van der Waals surface area contributed by atoms with Crippen molar-refractivity contribution in [3.63, 3.8) is 0 Å². The molecule has 0 unspecified atom stereocenters. The van der Waals surface area contributed by atoms with Gasteiger partial charge in [0.15, 0.2) is 4.34 Å². The van der Waals surface area contributed by atoms with Gasteiger partial charge in [-0.25, -0.2) is 4.98 Å². The summed E-state index contributed by atoms with van der Waals surface area (Å²) in [4.78, 5) is 5.17. The van der Waals surface area contributed by atoms with Crippen LogP contribution in [0, 0.1) is 11.3 Å². The van der Waals surface area contributed by atoms with Crippen molar-refractivity contribution in [3.8, 4) is 11.8 Å². The summed E-state index contributed by atoms with van der Waals surface area (Å²) in [6.45, 7) is 0.454. The monoisotopic (exact) mass is 434 g/mol. The zero-order chi connectivity index (χ0) is 20.1. The number of nitriles is 1. The summed E-state index contributed by atoms with van der Waals surface area (Å²) in [5.74, 6) is 0.746. The van der Waals surface area contributed by atoms with Crippen LogP contribution in [0.2, 0.25) is 5.02 Å². The van der Waals surface area contributed by atoms with Crippen molar-refractivity contribution in [3.05, 3.63) is 93.9 Å². The summed E-state index contributed by atoms with van der Waals surface area (Å²) in [5.41, 5.74) is 2.90. The van der Waals surface area contributed by atoms with E-state index in [1.165, 1.54) is 11.8 Å². The smallest absolute Gasteiger partial charge is 0.156 e. The van der Waals surface area contributed by atoms with Gasteiger partial charge in [-0.3, -0.25) is 0 Å². The molecule has 0 atom stereocenters. The average molecular weight is 435 g/mol. The fourth-order valence-corrected chi connectivity index (χ4v) is 4.77. The molecule has 0 saturated carbocycles. The van der Waals surface area contributed by atoms with E-state index in [0.29, 0.717) is 16.5 Å². The number of thioether (sulfide) groups is 1. The Labute approximate surface area is 182 Å². The second-order valence-electron chi connectivity index (χ2n) is 6.16. The minimum atomic E-state index is 0.454. The minimum Gasteiger partial charge on any atom is -0.489 e. The van der Waals surface area contributed by atoms with Crippen LogP contribution >= 0.6 is 34.7 Å². The first kappa shape index (κ1) is 19.5. The molecule has 0 aliphatic heterocycles. The zero-order valence-electron chi connectivity index (χ0n) is 15.2. The molecule has 0 radical (unpaired) electrons. The maximum Gasteiger partial charge on any atom is 0.156 e. The van der Waals surface area contributed by atoms with E-state index >= 15 is 0 Å². The number of fused-ring (bicyclic) bond motifs is 1. The lowest BCUT2D eigenvalue weighted by Gasteiger charge is -2.07. The van der Waals surface area contributed by atoms with Crippen LogP contribution < -0.4 is 4.74 Å². The number of thiazole rings is 1. The summed E-state index contributed by atoms with van der Waals surface area (Å²) >= 11 is 8.88. The predicted octanol–water partition coefficient (Wildman–Crippen LogP) is 7.19. The maximum absolute atomic E-state index is 9.56. The van der Waals surface area contributed by atoms with Gasteiger partial charge in [0.2, 0.25) is 0 Å². The van der Waals surface area contributed by atoms with E-state index in [-0.39, 0.29) is 0 Å². The van der Waals surface area contributed by atoms with Gasteiger partial charge in [-0.15, -0.1) is 11.3 Å². The molecule has 0 bridgehead atoms. The summed E-state index contributed by atoms with van der Waals surface area (Å²) in [6.07, 6.45) is 1.85. The Morgan fingerprint density at radius 1 is 1.10 bits per heavy atom. The third-order valence-corrected chi connectivity index (χ3v) is 6.33. The molecule has 0 saturated heterocycles. The van der Waals surface area contributed by atoms with E-state index in [0.717, 1.165) is 31.4 Å². The normalized spacial score (nSPS) is 11.4. The number of hydrogen-bond acceptors (Lipinski definition) is 5. The van der Waals surface area contributed by atoms with E-state index in [4.69, 9.17) is 16.3 Å². The van der Waals surface area contributed by atoms with Crippen LogP contribution in [-0.2, 0) is 6.61 Å². The molecule has 0 amide bonds. The number of rotatable bonds is 6. The first-order valence-electron chi connectivity index (χ1n) is 8.82. The first-order valence-corrected chi connectivity index (χ1v) is 10.8. The van der Waals surface area contributed by atoms with Crippen LogP contribution in [0.15, 0.2) is 82.0 Å². The number of allylic oxidation sites excluding steroid dienone is 1. The van der Waals surface area contributed by atoms with Gasteiger partial charge in [0.05, 0.1) is 15.1 Å². The van der Waals surface area contributed by atoms with Gasteiger partial charge >= 0.3 is 0 Å². The lowest BCUT2D eigenvalue weighted by atomic mass is 10.2. The second-order valence-corrected chi connectivity index (χ2v) is 8.91. The van der Waals surface area contributed by atoms with Crippen molar-refractivity contribution in [1.29, 1.82) is 5.26 Å². The van der Waals surface area contributed by atoms with Crippen LogP contribution in [0.5, 0.6) is 5.75 Å². The first-order chi connectivity index (χ1) is 14.2. The second kappa shape index (κ2) is 9.15. The van der Waals surface area contributed by atoms with Crippen LogP contribution in [0.25, 0.3) is 16.3 Å². The highest BCUT2D eigenvalue weighted by Gasteiger charge is 2.07. The number of hydrogen-bond donors (Lipinski definition) is 0. The van der Waals surface area contributed by atoms with Crippen LogP contribution in [0.4, 0.5) is 0 Å². The summed E-state index contributed by atoms with van der Waals surface area (Å²) in [7, 11) is 0. The fraction of sp³-hybridized carbons (Fsp3) is 0.0435. The van der Waals surface area contributed by atoms with E-state index in [1.54, 1.807) is 11.3 Å². The van der Waals surface area contributed by atoms with Gasteiger partial charge in [-0.1, -0.05) is 48.0 Å². The third kappa shape index (κ3) is 5.18.